The fraction of sp³-hybridized carbons (Fsp3) is 0.333. The monoisotopic (exact) mass is 466 g/mol. The highest BCUT2D eigenvalue weighted by atomic mass is 16.6. The van der Waals surface area contributed by atoms with Gasteiger partial charge >= 0.3 is 6.09 Å². The molecule has 0 spiro atoms. The number of amides is 1. The van der Waals surface area contributed by atoms with Crippen molar-refractivity contribution >= 4 is 11.7 Å². The predicted octanol–water partition coefficient (Wildman–Crippen LogP) is 6.36. The number of aryl methyl sites for hydroxylation is 1. The van der Waals surface area contributed by atoms with E-state index >= 15 is 0 Å². The van der Waals surface area contributed by atoms with Crippen molar-refractivity contribution in [3.8, 4) is 17.0 Å². The number of pyridine rings is 1. The molecule has 1 fully saturated rings. The average Bonchev–Trinajstić information content (AvgIpc) is 3.20. The van der Waals surface area contributed by atoms with Crippen LogP contribution < -0.4 is 4.74 Å². The van der Waals surface area contributed by atoms with Crippen LogP contribution in [0.25, 0.3) is 16.7 Å². The maximum Gasteiger partial charge on any atom is 0.410 e. The molecule has 5 heteroatoms. The summed E-state index contributed by atoms with van der Waals surface area (Å²) >= 11 is 0. The summed E-state index contributed by atoms with van der Waals surface area (Å²) in [5.41, 5.74) is 8.38. The molecule has 1 amide bonds. The molecule has 1 aliphatic carbocycles. The summed E-state index contributed by atoms with van der Waals surface area (Å²) in [5.74, 6) is 0.737. The first-order valence-corrected chi connectivity index (χ1v) is 12.5. The average molecular weight is 467 g/mol. The molecule has 0 saturated carbocycles. The molecule has 35 heavy (non-hydrogen) atoms. The van der Waals surface area contributed by atoms with Crippen LogP contribution in [0.5, 0.6) is 5.88 Å². The summed E-state index contributed by atoms with van der Waals surface area (Å²) in [6.07, 6.45) is 7.87. The van der Waals surface area contributed by atoms with Crippen molar-refractivity contribution in [2.45, 2.75) is 50.6 Å². The molecule has 2 aromatic carbocycles. The number of fused-ring (bicyclic) bond motifs is 5. The molecule has 2 atom stereocenters. The molecule has 3 aromatic rings. The number of aromatic nitrogens is 1. The van der Waals surface area contributed by atoms with Gasteiger partial charge in [0.05, 0.1) is 13.2 Å². The zero-order valence-corrected chi connectivity index (χ0v) is 20.2. The van der Waals surface area contributed by atoms with E-state index in [0.29, 0.717) is 12.5 Å². The Balaban J connectivity index is 1.21. The maximum absolute atomic E-state index is 13.4. The highest BCUT2D eigenvalue weighted by Crippen LogP contribution is 2.45. The smallest absolute Gasteiger partial charge is 0.410 e. The topological polar surface area (TPSA) is 51.7 Å². The summed E-state index contributed by atoms with van der Waals surface area (Å²) < 4.78 is 11.4. The Morgan fingerprint density at radius 2 is 1.77 bits per heavy atom. The van der Waals surface area contributed by atoms with E-state index in [2.05, 4.69) is 65.7 Å². The zero-order valence-electron chi connectivity index (χ0n) is 20.2. The lowest BCUT2D eigenvalue weighted by Gasteiger charge is -2.44. The van der Waals surface area contributed by atoms with E-state index in [1.807, 2.05) is 18.0 Å². The van der Waals surface area contributed by atoms with Crippen LogP contribution in [-0.4, -0.2) is 41.8 Å². The van der Waals surface area contributed by atoms with E-state index in [1.54, 1.807) is 7.11 Å². The lowest BCUT2D eigenvalue weighted by Crippen LogP contribution is -2.51. The van der Waals surface area contributed by atoms with Crippen molar-refractivity contribution in [1.29, 1.82) is 0 Å². The Bertz CT molecular complexity index is 1270. The first kappa shape index (κ1) is 21.9. The summed E-state index contributed by atoms with van der Waals surface area (Å²) in [7, 11) is 1.64. The van der Waals surface area contributed by atoms with Crippen molar-refractivity contribution in [1.82, 2.24) is 9.88 Å². The van der Waals surface area contributed by atoms with Crippen molar-refractivity contribution in [3.63, 3.8) is 0 Å². The van der Waals surface area contributed by atoms with Crippen LogP contribution in [0.3, 0.4) is 0 Å². The summed E-state index contributed by atoms with van der Waals surface area (Å²) in [5, 5.41) is 0. The molecule has 2 unspecified atom stereocenters. The Morgan fingerprint density at radius 1 is 1.06 bits per heavy atom. The van der Waals surface area contributed by atoms with Gasteiger partial charge in [0, 0.05) is 23.7 Å². The molecule has 0 radical (unpaired) electrons. The molecule has 1 saturated heterocycles. The zero-order chi connectivity index (χ0) is 23.9. The molecular weight excluding hydrogens is 436 g/mol. The number of carbonyl (C=O) groups is 1. The molecule has 178 valence electrons. The van der Waals surface area contributed by atoms with Gasteiger partial charge in [-0.25, -0.2) is 9.78 Å². The number of hydrogen-bond acceptors (Lipinski definition) is 4. The Morgan fingerprint density at radius 3 is 2.43 bits per heavy atom. The fourth-order valence-electron chi connectivity index (χ4n) is 6.15. The molecule has 6 rings (SSSR count). The number of piperidine rings is 1. The normalized spacial score (nSPS) is 20.6. The van der Waals surface area contributed by atoms with E-state index < -0.39 is 0 Å². The first-order valence-electron chi connectivity index (χ1n) is 12.5. The highest BCUT2D eigenvalue weighted by molar-refractivity contribution is 5.79. The van der Waals surface area contributed by atoms with Crippen LogP contribution >= 0.6 is 0 Å². The first-order chi connectivity index (χ1) is 17.1. The molecule has 3 heterocycles. The number of rotatable bonds is 4. The van der Waals surface area contributed by atoms with Gasteiger partial charge in [-0.3, -0.25) is 4.90 Å². The predicted molar refractivity (Wildman–Crippen MR) is 136 cm³/mol. The molecule has 2 aliphatic heterocycles. The minimum absolute atomic E-state index is 0.0653. The van der Waals surface area contributed by atoms with Gasteiger partial charge in [0.25, 0.3) is 0 Å². The number of carbonyl (C=O) groups excluding carboxylic acids is 1. The Hall–Kier alpha value is -3.60. The van der Waals surface area contributed by atoms with Gasteiger partial charge in [0.15, 0.2) is 0 Å². The third kappa shape index (κ3) is 3.79. The minimum Gasteiger partial charge on any atom is -0.481 e. The van der Waals surface area contributed by atoms with Gasteiger partial charge in [-0.2, -0.15) is 0 Å². The van der Waals surface area contributed by atoms with Gasteiger partial charge in [-0.05, 0) is 72.1 Å². The molecule has 5 nitrogen and oxygen atoms in total. The van der Waals surface area contributed by atoms with Crippen LogP contribution in [0.4, 0.5) is 4.79 Å². The van der Waals surface area contributed by atoms with E-state index in [9.17, 15) is 4.79 Å². The summed E-state index contributed by atoms with van der Waals surface area (Å²) in [4.78, 5) is 19.9. The van der Waals surface area contributed by atoms with Gasteiger partial charge in [0.2, 0.25) is 5.88 Å². The lowest BCUT2D eigenvalue weighted by molar-refractivity contribution is 0.0539. The lowest BCUT2D eigenvalue weighted by atomic mass is 9.83. The second kappa shape index (κ2) is 8.88. The number of methoxy groups -OCH3 is 1. The van der Waals surface area contributed by atoms with Crippen molar-refractivity contribution in [3.05, 3.63) is 89.1 Å². The van der Waals surface area contributed by atoms with Gasteiger partial charge in [0.1, 0.15) is 6.61 Å². The molecular formula is C30H30N2O3. The van der Waals surface area contributed by atoms with E-state index in [1.165, 1.54) is 27.8 Å². The molecule has 0 N–H and O–H groups in total. The minimum atomic E-state index is -0.194. The number of hydrogen-bond donors (Lipinski definition) is 0. The fourth-order valence-corrected chi connectivity index (χ4v) is 6.15. The number of ether oxygens (including phenoxy) is 2. The van der Waals surface area contributed by atoms with Crippen LogP contribution in [0.15, 0.2) is 66.9 Å². The maximum atomic E-state index is 13.4. The quantitative estimate of drug-likeness (QED) is 0.449. The molecule has 2 bridgehead atoms. The second-order valence-electron chi connectivity index (χ2n) is 9.81. The third-order valence-corrected chi connectivity index (χ3v) is 7.78. The van der Waals surface area contributed by atoms with Crippen LogP contribution in [0.1, 0.15) is 53.9 Å². The van der Waals surface area contributed by atoms with E-state index in [-0.39, 0.29) is 24.1 Å². The molecule has 1 aromatic heterocycles. The van der Waals surface area contributed by atoms with Gasteiger partial charge in [-0.1, -0.05) is 54.6 Å². The Labute approximate surface area is 206 Å². The van der Waals surface area contributed by atoms with Crippen molar-refractivity contribution in [2.75, 3.05) is 13.7 Å². The van der Waals surface area contributed by atoms with Crippen LogP contribution in [-0.2, 0) is 4.74 Å². The number of nitrogens with zero attached hydrogens (tertiary/aromatic N) is 2. The second-order valence-corrected chi connectivity index (χ2v) is 9.81. The van der Waals surface area contributed by atoms with Gasteiger partial charge < -0.3 is 9.47 Å². The van der Waals surface area contributed by atoms with Crippen molar-refractivity contribution in [2.24, 2.45) is 0 Å². The highest BCUT2D eigenvalue weighted by Gasteiger charge is 2.39. The largest absolute Gasteiger partial charge is 0.481 e. The van der Waals surface area contributed by atoms with Crippen LogP contribution in [0.2, 0.25) is 0 Å². The van der Waals surface area contributed by atoms with E-state index in [0.717, 1.165) is 36.8 Å². The number of benzene rings is 2. The Kier molecular flexibility index (Phi) is 5.56. The summed E-state index contributed by atoms with van der Waals surface area (Å²) in [6, 6.07) is 19.3. The third-order valence-electron chi connectivity index (χ3n) is 7.78. The van der Waals surface area contributed by atoms with Gasteiger partial charge in [-0.15, -0.1) is 0 Å². The standard InChI is InChI=1S/C30H30N2O3/c1-19-14-21(17-31-29(19)34-2)20-15-22-8-7-9-23(16-20)32(22)30(33)35-18-28-26-12-5-3-10-24(26)25-11-4-6-13-27(25)28/h3-6,10-15,17,22-23,28H,7-9,16,18H2,1-2H3. The van der Waals surface area contributed by atoms with Crippen LogP contribution in [0, 0.1) is 6.92 Å². The van der Waals surface area contributed by atoms with Crippen molar-refractivity contribution < 1.29 is 14.3 Å². The SMILES string of the molecule is COc1ncc(C2=CC3CCCC(C2)N3C(=O)OCC2c3ccccc3-c3ccccc32)cc1C. The summed E-state index contributed by atoms with van der Waals surface area (Å²) in [6.45, 7) is 2.38. The molecule has 3 aliphatic rings. The van der Waals surface area contributed by atoms with E-state index in [4.69, 9.17) is 9.47 Å².